The lowest BCUT2D eigenvalue weighted by Gasteiger charge is -2.33. The lowest BCUT2D eigenvalue weighted by Crippen LogP contribution is -2.51. The van der Waals surface area contributed by atoms with Crippen molar-refractivity contribution >= 4 is 17.8 Å². The standard InChI is InChI=1S/C30H34N4O4/c1-3-15-33-25-19-34(29(36)26(25)27(32-30(33)37)22-13-11-20(2)12-14-22)24(17-21-8-5-4-6-9-21)28(35)31-18-23-10-7-16-38-23/h3-6,8-9,11-14,23-24,27H,1,7,10,15-19H2,2H3,(H,31,35)(H,32,37)/t23-,24-,27-/m1/s1. The van der Waals surface area contributed by atoms with E-state index in [-0.39, 0.29) is 37.0 Å². The quantitative estimate of drug-likeness (QED) is 0.503. The van der Waals surface area contributed by atoms with Gasteiger partial charge in [0, 0.05) is 26.1 Å². The number of urea groups is 1. The van der Waals surface area contributed by atoms with E-state index < -0.39 is 12.1 Å². The Morgan fingerprint density at radius 2 is 1.95 bits per heavy atom. The molecule has 0 unspecified atom stereocenters. The van der Waals surface area contributed by atoms with Crippen molar-refractivity contribution in [2.75, 3.05) is 26.2 Å². The molecule has 3 heterocycles. The van der Waals surface area contributed by atoms with E-state index in [1.807, 2.05) is 61.5 Å². The molecule has 0 radical (unpaired) electrons. The minimum absolute atomic E-state index is 0.00671. The third-order valence-electron chi connectivity index (χ3n) is 7.45. The van der Waals surface area contributed by atoms with Crippen LogP contribution in [0.15, 0.2) is 78.5 Å². The van der Waals surface area contributed by atoms with Crippen molar-refractivity contribution in [1.29, 1.82) is 0 Å². The summed E-state index contributed by atoms with van der Waals surface area (Å²) in [5, 5.41) is 6.04. The summed E-state index contributed by atoms with van der Waals surface area (Å²) in [4.78, 5) is 44.0. The Labute approximate surface area is 223 Å². The maximum absolute atomic E-state index is 14.1. The van der Waals surface area contributed by atoms with Gasteiger partial charge in [-0.1, -0.05) is 66.2 Å². The van der Waals surface area contributed by atoms with Crippen LogP contribution in [0.3, 0.4) is 0 Å². The van der Waals surface area contributed by atoms with Crippen LogP contribution in [-0.4, -0.2) is 66.0 Å². The molecule has 5 rings (SSSR count). The molecule has 2 N–H and O–H groups in total. The van der Waals surface area contributed by atoms with Gasteiger partial charge in [0.1, 0.15) is 6.04 Å². The van der Waals surface area contributed by atoms with Crippen molar-refractivity contribution in [2.45, 2.75) is 44.4 Å². The SMILES string of the molecule is C=CCN1C(=O)N[C@H](c2ccc(C)cc2)C2=C1CN([C@H](Cc1ccccc1)C(=O)NC[C@H]1CCCO1)C2=O. The summed E-state index contributed by atoms with van der Waals surface area (Å²) in [5.41, 5.74) is 3.99. The molecule has 0 aliphatic carbocycles. The van der Waals surface area contributed by atoms with Crippen LogP contribution in [0, 0.1) is 6.92 Å². The van der Waals surface area contributed by atoms with Crippen molar-refractivity contribution < 1.29 is 19.1 Å². The summed E-state index contributed by atoms with van der Waals surface area (Å²) >= 11 is 0. The largest absolute Gasteiger partial charge is 0.376 e. The zero-order valence-corrected chi connectivity index (χ0v) is 21.7. The Bertz CT molecular complexity index is 1230. The molecule has 8 nitrogen and oxygen atoms in total. The monoisotopic (exact) mass is 514 g/mol. The highest BCUT2D eigenvalue weighted by molar-refractivity contribution is 6.03. The number of hydrogen-bond donors (Lipinski definition) is 2. The van der Waals surface area contributed by atoms with Crippen LogP contribution in [0.5, 0.6) is 0 Å². The number of aryl methyl sites for hydroxylation is 1. The number of rotatable bonds is 9. The van der Waals surface area contributed by atoms with Gasteiger partial charge in [-0.25, -0.2) is 4.79 Å². The van der Waals surface area contributed by atoms with Crippen LogP contribution in [0.25, 0.3) is 0 Å². The molecule has 2 aromatic carbocycles. The van der Waals surface area contributed by atoms with Gasteiger partial charge in [0.25, 0.3) is 5.91 Å². The number of amides is 4. The first-order chi connectivity index (χ1) is 18.5. The van der Waals surface area contributed by atoms with E-state index in [9.17, 15) is 14.4 Å². The molecule has 1 saturated heterocycles. The van der Waals surface area contributed by atoms with Gasteiger partial charge < -0.3 is 20.3 Å². The molecule has 1 fully saturated rings. The summed E-state index contributed by atoms with van der Waals surface area (Å²) in [7, 11) is 0. The van der Waals surface area contributed by atoms with Crippen LogP contribution in [0.4, 0.5) is 4.79 Å². The summed E-state index contributed by atoms with van der Waals surface area (Å²) < 4.78 is 5.68. The topological polar surface area (TPSA) is 91.0 Å². The minimum atomic E-state index is -0.740. The van der Waals surface area contributed by atoms with E-state index >= 15 is 0 Å². The van der Waals surface area contributed by atoms with Crippen molar-refractivity contribution in [3.05, 3.63) is 95.2 Å². The van der Waals surface area contributed by atoms with E-state index in [4.69, 9.17) is 4.74 Å². The average Bonchev–Trinajstić information content (AvgIpc) is 3.57. The number of carbonyl (C=O) groups excluding carboxylic acids is 3. The number of nitrogens with zero attached hydrogens (tertiary/aromatic N) is 2. The van der Waals surface area contributed by atoms with Crippen LogP contribution in [0.2, 0.25) is 0 Å². The second kappa shape index (κ2) is 11.2. The van der Waals surface area contributed by atoms with Crippen molar-refractivity contribution in [2.24, 2.45) is 0 Å². The van der Waals surface area contributed by atoms with Gasteiger partial charge in [-0.05, 0) is 30.9 Å². The van der Waals surface area contributed by atoms with Gasteiger partial charge in [-0.3, -0.25) is 14.5 Å². The Morgan fingerprint density at radius 3 is 2.63 bits per heavy atom. The number of carbonyl (C=O) groups is 3. The molecular weight excluding hydrogens is 480 g/mol. The van der Waals surface area contributed by atoms with E-state index in [2.05, 4.69) is 17.2 Å². The molecule has 3 atom stereocenters. The molecule has 38 heavy (non-hydrogen) atoms. The zero-order valence-electron chi connectivity index (χ0n) is 21.7. The summed E-state index contributed by atoms with van der Waals surface area (Å²) in [6.07, 6.45) is 3.88. The van der Waals surface area contributed by atoms with Crippen LogP contribution >= 0.6 is 0 Å². The summed E-state index contributed by atoms with van der Waals surface area (Å²) in [6.45, 7) is 7.33. The molecule has 0 aromatic heterocycles. The van der Waals surface area contributed by atoms with E-state index in [0.29, 0.717) is 30.8 Å². The van der Waals surface area contributed by atoms with Crippen molar-refractivity contribution in [3.8, 4) is 0 Å². The molecule has 198 valence electrons. The van der Waals surface area contributed by atoms with Crippen LogP contribution in [0.1, 0.15) is 35.6 Å². The highest BCUT2D eigenvalue weighted by atomic mass is 16.5. The van der Waals surface area contributed by atoms with Crippen molar-refractivity contribution in [1.82, 2.24) is 20.4 Å². The number of benzene rings is 2. The van der Waals surface area contributed by atoms with E-state index in [1.54, 1.807) is 15.9 Å². The smallest absolute Gasteiger partial charge is 0.322 e. The molecule has 8 heteroatoms. The fraction of sp³-hybridized carbons (Fsp3) is 0.367. The molecule has 0 bridgehead atoms. The first-order valence-electron chi connectivity index (χ1n) is 13.2. The Balaban J connectivity index is 1.47. The third kappa shape index (κ3) is 5.22. The predicted molar refractivity (Wildman–Crippen MR) is 144 cm³/mol. The summed E-state index contributed by atoms with van der Waals surface area (Å²) in [5.74, 6) is -0.466. The second-order valence-corrected chi connectivity index (χ2v) is 10.1. The molecule has 4 amide bonds. The number of hydrogen-bond acceptors (Lipinski definition) is 4. The number of ether oxygens (including phenoxy) is 1. The maximum atomic E-state index is 14.1. The minimum Gasteiger partial charge on any atom is -0.376 e. The Morgan fingerprint density at radius 1 is 1.18 bits per heavy atom. The first kappa shape index (κ1) is 25.7. The average molecular weight is 515 g/mol. The second-order valence-electron chi connectivity index (χ2n) is 10.1. The Hall–Kier alpha value is -3.91. The van der Waals surface area contributed by atoms with Crippen molar-refractivity contribution in [3.63, 3.8) is 0 Å². The van der Waals surface area contributed by atoms with Gasteiger partial charge in [0.15, 0.2) is 0 Å². The van der Waals surface area contributed by atoms with Gasteiger partial charge in [0.05, 0.1) is 30.0 Å². The molecular formula is C30H34N4O4. The fourth-order valence-electron chi connectivity index (χ4n) is 5.42. The highest BCUT2D eigenvalue weighted by Crippen LogP contribution is 2.37. The lowest BCUT2D eigenvalue weighted by atomic mass is 9.94. The molecule has 2 aromatic rings. The predicted octanol–water partition coefficient (Wildman–Crippen LogP) is 3.25. The van der Waals surface area contributed by atoms with Gasteiger partial charge >= 0.3 is 6.03 Å². The molecule has 0 spiro atoms. The lowest BCUT2D eigenvalue weighted by molar-refractivity contribution is -0.136. The third-order valence-corrected chi connectivity index (χ3v) is 7.45. The molecule has 3 aliphatic heterocycles. The zero-order chi connectivity index (χ0) is 26.6. The van der Waals surface area contributed by atoms with Crippen LogP contribution in [-0.2, 0) is 20.7 Å². The first-order valence-corrected chi connectivity index (χ1v) is 13.2. The van der Waals surface area contributed by atoms with E-state index in [0.717, 1.165) is 29.5 Å². The fourth-order valence-corrected chi connectivity index (χ4v) is 5.42. The normalized spacial score (nSPS) is 21.8. The van der Waals surface area contributed by atoms with Gasteiger partial charge in [0.2, 0.25) is 5.91 Å². The molecule has 0 saturated carbocycles. The maximum Gasteiger partial charge on any atom is 0.322 e. The highest BCUT2D eigenvalue weighted by Gasteiger charge is 2.47. The van der Waals surface area contributed by atoms with Crippen LogP contribution < -0.4 is 10.6 Å². The Kier molecular flexibility index (Phi) is 7.60. The number of nitrogens with one attached hydrogen (secondary N) is 2. The molecule has 3 aliphatic rings. The van der Waals surface area contributed by atoms with E-state index in [1.165, 1.54) is 0 Å². The van der Waals surface area contributed by atoms with Gasteiger partial charge in [-0.2, -0.15) is 0 Å². The summed E-state index contributed by atoms with van der Waals surface area (Å²) in [6, 6.07) is 15.9. The van der Waals surface area contributed by atoms with Gasteiger partial charge in [-0.15, -0.1) is 6.58 Å².